The zero-order chi connectivity index (χ0) is 24.9. The van der Waals surface area contributed by atoms with Gasteiger partial charge in [0.05, 0.1) is 20.8 Å². The number of halogens is 1. The molecule has 0 aliphatic carbocycles. The fourth-order valence-electron chi connectivity index (χ4n) is 3.43. The summed E-state index contributed by atoms with van der Waals surface area (Å²) >= 11 is 0. The maximum atomic E-state index is 14.0. The van der Waals surface area contributed by atoms with Gasteiger partial charge in [-0.2, -0.15) is 0 Å². The summed E-state index contributed by atoms with van der Waals surface area (Å²) in [7, 11) is 2.67. The van der Waals surface area contributed by atoms with Crippen molar-refractivity contribution in [3.05, 3.63) is 88.8 Å². The molecule has 2 aromatic carbocycles. The Labute approximate surface area is 199 Å². The molecule has 1 fully saturated rings. The molecule has 3 amide bonds. The SMILES string of the molecule is COC(=O)c1ccc(CN2C(=O)N/C(=C\c3cccc(OC)c3OCc3ccccc3F)C2=O)o1. The average molecular weight is 480 g/mol. The fraction of sp³-hybridized carbons (Fsp3) is 0.160. The van der Waals surface area contributed by atoms with Gasteiger partial charge in [0.15, 0.2) is 11.5 Å². The summed E-state index contributed by atoms with van der Waals surface area (Å²) in [5.74, 6) is -0.854. The number of methoxy groups -OCH3 is 2. The predicted octanol–water partition coefficient (Wildman–Crippen LogP) is 3.89. The Morgan fingerprint density at radius 3 is 2.63 bits per heavy atom. The second-order valence-electron chi connectivity index (χ2n) is 7.40. The monoisotopic (exact) mass is 480 g/mol. The molecule has 9 nitrogen and oxygen atoms in total. The van der Waals surface area contributed by atoms with Crippen LogP contribution in [0.3, 0.4) is 0 Å². The van der Waals surface area contributed by atoms with Crippen LogP contribution in [0, 0.1) is 5.82 Å². The summed E-state index contributed by atoms with van der Waals surface area (Å²) in [6.07, 6.45) is 1.45. The van der Waals surface area contributed by atoms with E-state index in [-0.39, 0.29) is 36.1 Å². The van der Waals surface area contributed by atoms with Crippen molar-refractivity contribution < 1.29 is 37.4 Å². The molecule has 10 heteroatoms. The first-order valence-corrected chi connectivity index (χ1v) is 10.5. The number of hydrogen-bond donors (Lipinski definition) is 1. The van der Waals surface area contributed by atoms with Gasteiger partial charge >= 0.3 is 12.0 Å². The molecular weight excluding hydrogens is 459 g/mol. The number of rotatable bonds is 8. The van der Waals surface area contributed by atoms with Gasteiger partial charge in [-0.15, -0.1) is 0 Å². The van der Waals surface area contributed by atoms with E-state index in [4.69, 9.17) is 13.9 Å². The van der Waals surface area contributed by atoms with Gasteiger partial charge in [0.2, 0.25) is 5.76 Å². The van der Waals surface area contributed by atoms with Crippen LogP contribution < -0.4 is 14.8 Å². The predicted molar refractivity (Wildman–Crippen MR) is 121 cm³/mol. The van der Waals surface area contributed by atoms with E-state index in [9.17, 15) is 18.8 Å². The normalized spacial score (nSPS) is 14.3. The number of esters is 1. The molecule has 1 N–H and O–H groups in total. The molecular formula is C25H21FN2O7. The zero-order valence-corrected chi connectivity index (χ0v) is 18.9. The minimum absolute atomic E-state index is 0.00116. The van der Waals surface area contributed by atoms with Crippen LogP contribution in [0.25, 0.3) is 6.08 Å². The highest BCUT2D eigenvalue weighted by atomic mass is 19.1. The molecule has 1 aliphatic rings. The van der Waals surface area contributed by atoms with Gasteiger partial charge < -0.3 is 23.9 Å². The minimum Gasteiger partial charge on any atom is -0.493 e. The number of hydrogen-bond acceptors (Lipinski definition) is 7. The number of nitrogens with one attached hydrogen (secondary N) is 1. The van der Waals surface area contributed by atoms with Crippen LogP contribution in [0.2, 0.25) is 0 Å². The number of benzene rings is 2. The first-order valence-electron chi connectivity index (χ1n) is 10.5. The quantitative estimate of drug-likeness (QED) is 0.296. The molecule has 2 heterocycles. The van der Waals surface area contributed by atoms with Crippen LogP contribution in [0.15, 0.2) is 64.7 Å². The molecule has 0 unspecified atom stereocenters. The van der Waals surface area contributed by atoms with E-state index in [1.807, 2.05) is 0 Å². The van der Waals surface area contributed by atoms with Crippen LogP contribution in [-0.4, -0.2) is 37.0 Å². The summed E-state index contributed by atoms with van der Waals surface area (Å²) in [4.78, 5) is 37.9. The maximum absolute atomic E-state index is 14.0. The molecule has 1 aromatic heterocycles. The Balaban J connectivity index is 1.56. The van der Waals surface area contributed by atoms with Crippen LogP contribution in [0.4, 0.5) is 9.18 Å². The van der Waals surface area contributed by atoms with Crippen LogP contribution >= 0.6 is 0 Å². The standard InChI is InChI=1S/C25H21FN2O7/c1-32-20-9-5-7-15(22(20)34-14-16-6-3-4-8-18(16)26)12-19-23(29)28(25(31)27-19)13-17-10-11-21(35-17)24(30)33-2/h3-12H,13-14H2,1-2H3,(H,27,31)/b19-12-. The van der Waals surface area contributed by atoms with E-state index >= 15 is 0 Å². The maximum Gasteiger partial charge on any atom is 0.373 e. The van der Waals surface area contributed by atoms with Crippen LogP contribution in [0.1, 0.15) is 27.4 Å². The number of carbonyl (C=O) groups is 3. The Hall–Kier alpha value is -4.60. The lowest BCUT2D eigenvalue weighted by Crippen LogP contribution is -2.30. The highest BCUT2D eigenvalue weighted by Gasteiger charge is 2.34. The fourth-order valence-corrected chi connectivity index (χ4v) is 3.43. The van der Waals surface area contributed by atoms with Gasteiger partial charge in [-0.05, 0) is 30.3 Å². The van der Waals surface area contributed by atoms with Gasteiger partial charge in [0, 0.05) is 11.1 Å². The zero-order valence-electron chi connectivity index (χ0n) is 18.9. The third-order valence-electron chi connectivity index (χ3n) is 5.18. The first-order chi connectivity index (χ1) is 16.9. The molecule has 4 rings (SSSR count). The van der Waals surface area contributed by atoms with Gasteiger partial charge in [-0.3, -0.25) is 9.69 Å². The van der Waals surface area contributed by atoms with Crippen LogP contribution in [-0.2, 0) is 22.7 Å². The summed E-state index contributed by atoms with van der Waals surface area (Å²) in [6, 6.07) is 13.4. The summed E-state index contributed by atoms with van der Waals surface area (Å²) in [5, 5.41) is 2.52. The van der Waals surface area contributed by atoms with Crippen molar-refractivity contribution >= 4 is 24.0 Å². The number of carbonyl (C=O) groups excluding carboxylic acids is 3. The van der Waals surface area contributed by atoms with E-state index < -0.39 is 23.7 Å². The van der Waals surface area contributed by atoms with E-state index in [1.165, 1.54) is 38.5 Å². The lowest BCUT2D eigenvalue weighted by Gasteiger charge is -2.14. The highest BCUT2D eigenvalue weighted by molar-refractivity contribution is 6.14. The lowest BCUT2D eigenvalue weighted by molar-refractivity contribution is -0.123. The lowest BCUT2D eigenvalue weighted by atomic mass is 10.1. The summed E-state index contributed by atoms with van der Waals surface area (Å²) in [6.45, 7) is -0.259. The molecule has 1 aliphatic heterocycles. The number of imide groups is 1. The van der Waals surface area contributed by atoms with Crippen molar-refractivity contribution in [1.29, 1.82) is 0 Å². The van der Waals surface area contributed by atoms with Crippen LogP contribution in [0.5, 0.6) is 11.5 Å². The molecule has 0 spiro atoms. The second-order valence-corrected chi connectivity index (χ2v) is 7.40. The molecule has 0 saturated carbocycles. The number of nitrogens with zero attached hydrogens (tertiary/aromatic N) is 1. The Bertz CT molecular complexity index is 1310. The Morgan fingerprint density at radius 1 is 1.09 bits per heavy atom. The molecule has 1 saturated heterocycles. The Morgan fingerprint density at radius 2 is 1.89 bits per heavy atom. The van der Waals surface area contributed by atoms with Crippen molar-refractivity contribution in [2.75, 3.05) is 14.2 Å². The van der Waals surface area contributed by atoms with E-state index in [0.29, 0.717) is 16.9 Å². The number of ether oxygens (including phenoxy) is 3. The van der Waals surface area contributed by atoms with E-state index in [0.717, 1.165) is 4.90 Å². The minimum atomic E-state index is -0.671. The summed E-state index contributed by atoms with van der Waals surface area (Å²) < 4.78 is 35.2. The van der Waals surface area contributed by atoms with E-state index in [2.05, 4.69) is 10.1 Å². The number of amides is 3. The number of para-hydroxylation sites is 1. The topological polar surface area (TPSA) is 107 Å². The highest BCUT2D eigenvalue weighted by Crippen LogP contribution is 2.34. The van der Waals surface area contributed by atoms with Crippen molar-refractivity contribution in [2.24, 2.45) is 0 Å². The first kappa shape index (κ1) is 23.6. The van der Waals surface area contributed by atoms with Crippen molar-refractivity contribution in [3.63, 3.8) is 0 Å². The largest absolute Gasteiger partial charge is 0.493 e. The average Bonchev–Trinajstić information content (AvgIpc) is 3.44. The summed E-state index contributed by atoms with van der Waals surface area (Å²) in [5.41, 5.74) is 0.786. The van der Waals surface area contributed by atoms with Crippen molar-refractivity contribution in [2.45, 2.75) is 13.2 Å². The van der Waals surface area contributed by atoms with Crippen molar-refractivity contribution in [1.82, 2.24) is 10.2 Å². The number of urea groups is 1. The van der Waals surface area contributed by atoms with Gasteiger partial charge in [0.1, 0.15) is 23.9 Å². The van der Waals surface area contributed by atoms with Gasteiger partial charge in [0.25, 0.3) is 5.91 Å². The molecule has 3 aromatic rings. The third-order valence-corrected chi connectivity index (χ3v) is 5.18. The molecule has 0 bridgehead atoms. The molecule has 0 radical (unpaired) electrons. The smallest absolute Gasteiger partial charge is 0.373 e. The molecule has 35 heavy (non-hydrogen) atoms. The van der Waals surface area contributed by atoms with Crippen molar-refractivity contribution in [3.8, 4) is 11.5 Å². The second kappa shape index (κ2) is 10.1. The Kier molecular flexibility index (Phi) is 6.81. The molecule has 180 valence electrons. The van der Waals surface area contributed by atoms with Gasteiger partial charge in [-0.1, -0.05) is 30.3 Å². The molecule has 0 atom stereocenters. The van der Waals surface area contributed by atoms with Gasteiger partial charge in [-0.25, -0.2) is 14.0 Å². The van der Waals surface area contributed by atoms with E-state index in [1.54, 1.807) is 36.4 Å². The third kappa shape index (κ3) is 5.01. The number of furan rings is 1.